The van der Waals surface area contributed by atoms with Gasteiger partial charge in [0.2, 0.25) is 0 Å². The Kier molecular flexibility index (Phi) is 3.26. The van der Waals surface area contributed by atoms with Gasteiger partial charge in [0.1, 0.15) is 0 Å². The highest BCUT2D eigenvalue weighted by atomic mass is 35.5. The molecule has 0 fully saturated rings. The fourth-order valence-electron chi connectivity index (χ4n) is 1.83. The lowest BCUT2D eigenvalue weighted by Gasteiger charge is -2.03. The Labute approximate surface area is 121 Å². The Balaban J connectivity index is 1.95. The van der Waals surface area contributed by atoms with Gasteiger partial charge in [0, 0.05) is 10.9 Å². The smallest absolute Gasteiger partial charge is 0.259 e. The molecule has 96 valence electrons. The van der Waals surface area contributed by atoms with Crippen molar-refractivity contribution >= 4 is 50.1 Å². The van der Waals surface area contributed by atoms with E-state index in [2.05, 4.69) is 0 Å². The summed E-state index contributed by atoms with van der Waals surface area (Å²) in [5.41, 5.74) is -0.130. The molecule has 0 bridgehead atoms. The Bertz CT molecular complexity index is 815. The van der Waals surface area contributed by atoms with Crippen molar-refractivity contribution < 1.29 is 4.79 Å². The van der Waals surface area contributed by atoms with Gasteiger partial charge in [-0.15, -0.1) is 22.7 Å². The SMILES string of the molecule is O=C(Cn1ccc2sccc2c1=O)c1ccc(Cl)s1. The third-order valence-corrected chi connectivity index (χ3v) is 4.91. The van der Waals surface area contributed by atoms with E-state index >= 15 is 0 Å². The number of hydrogen-bond acceptors (Lipinski definition) is 4. The van der Waals surface area contributed by atoms with Crippen LogP contribution < -0.4 is 5.56 Å². The molecule has 3 aromatic rings. The Hall–Kier alpha value is -1.43. The van der Waals surface area contributed by atoms with Crippen LogP contribution in [-0.4, -0.2) is 10.4 Å². The van der Waals surface area contributed by atoms with E-state index in [1.807, 2.05) is 11.4 Å². The normalized spacial score (nSPS) is 11.0. The van der Waals surface area contributed by atoms with Crippen LogP contribution in [0.4, 0.5) is 0 Å². The van der Waals surface area contributed by atoms with Gasteiger partial charge in [-0.3, -0.25) is 9.59 Å². The molecule has 19 heavy (non-hydrogen) atoms. The van der Waals surface area contributed by atoms with Crippen LogP contribution in [0.2, 0.25) is 4.34 Å². The van der Waals surface area contributed by atoms with Crippen molar-refractivity contribution in [2.45, 2.75) is 6.54 Å². The molecule has 3 heterocycles. The highest BCUT2D eigenvalue weighted by Gasteiger charge is 2.11. The molecule has 0 aliphatic carbocycles. The second-order valence-corrected chi connectivity index (χ2v) is 6.64. The molecule has 0 radical (unpaired) electrons. The van der Waals surface area contributed by atoms with Crippen molar-refractivity contribution in [2.24, 2.45) is 0 Å². The number of carbonyl (C=O) groups is 1. The fourth-order valence-corrected chi connectivity index (χ4v) is 3.57. The number of nitrogens with zero attached hydrogens (tertiary/aromatic N) is 1. The van der Waals surface area contributed by atoms with Gasteiger partial charge in [-0.25, -0.2) is 0 Å². The van der Waals surface area contributed by atoms with Gasteiger partial charge in [-0.05, 0) is 29.6 Å². The molecule has 0 aliphatic rings. The van der Waals surface area contributed by atoms with Crippen LogP contribution in [0.5, 0.6) is 0 Å². The summed E-state index contributed by atoms with van der Waals surface area (Å²) in [6.45, 7) is 0.0431. The summed E-state index contributed by atoms with van der Waals surface area (Å²) in [6, 6.07) is 7.01. The average molecular weight is 310 g/mol. The first kappa shape index (κ1) is 12.6. The molecule has 3 aromatic heterocycles. The topological polar surface area (TPSA) is 39.1 Å². The zero-order valence-corrected chi connectivity index (χ0v) is 12.0. The second-order valence-electron chi connectivity index (χ2n) is 3.97. The molecule has 0 unspecified atom stereocenters. The molecule has 0 amide bonds. The lowest BCUT2D eigenvalue weighted by molar-refractivity contribution is 0.0975. The zero-order valence-electron chi connectivity index (χ0n) is 9.63. The lowest BCUT2D eigenvalue weighted by atomic mass is 10.3. The Morgan fingerprint density at radius 3 is 2.84 bits per heavy atom. The molecule has 0 saturated carbocycles. The van der Waals surface area contributed by atoms with Crippen molar-refractivity contribution in [1.82, 2.24) is 4.57 Å². The maximum atomic E-state index is 12.2. The van der Waals surface area contributed by atoms with Gasteiger partial charge in [0.15, 0.2) is 5.78 Å². The van der Waals surface area contributed by atoms with Gasteiger partial charge in [0.05, 0.1) is 21.1 Å². The summed E-state index contributed by atoms with van der Waals surface area (Å²) < 4.78 is 2.95. The lowest BCUT2D eigenvalue weighted by Crippen LogP contribution is -2.23. The summed E-state index contributed by atoms with van der Waals surface area (Å²) in [5, 5.41) is 2.53. The van der Waals surface area contributed by atoms with Crippen molar-refractivity contribution in [3.8, 4) is 0 Å². The molecule has 0 N–H and O–H groups in total. The Morgan fingerprint density at radius 1 is 1.26 bits per heavy atom. The summed E-state index contributed by atoms with van der Waals surface area (Å²) in [6.07, 6.45) is 1.66. The van der Waals surface area contributed by atoms with Gasteiger partial charge >= 0.3 is 0 Å². The van der Waals surface area contributed by atoms with Crippen LogP contribution in [0.1, 0.15) is 9.67 Å². The predicted octanol–water partition coefficient (Wildman–Crippen LogP) is 3.66. The molecule has 3 rings (SSSR count). The number of fused-ring (bicyclic) bond motifs is 1. The minimum atomic E-state index is -0.130. The number of rotatable bonds is 3. The number of ketones is 1. The van der Waals surface area contributed by atoms with Gasteiger partial charge in [-0.1, -0.05) is 11.6 Å². The maximum Gasteiger partial charge on any atom is 0.259 e. The first-order chi connectivity index (χ1) is 9.15. The van der Waals surface area contributed by atoms with Crippen LogP contribution in [-0.2, 0) is 6.54 Å². The summed E-state index contributed by atoms with van der Waals surface area (Å²) in [4.78, 5) is 24.8. The predicted molar refractivity (Wildman–Crippen MR) is 79.7 cm³/mol. The molecular weight excluding hydrogens is 302 g/mol. The standard InChI is InChI=1S/C13H8ClNO2S2/c14-12-2-1-11(19-12)9(16)7-15-5-3-10-8(13(15)17)4-6-18-10/h1-6H,7H2. The minimum Gasteiger partial charge on any atom is -0.307 e. The van der Waals surface area contributed by atoms with E-state index in [-0.39, 0.29) is 17.9 Å². The number of halogens is 1. The summed E-state index contributed by atoms with van der Waals surface area (Å²) in [5.74, 6) is -0.103. The maximum absolute atomic E-state index is 12.2. The number of aromatic nitrogens is 1. The molecule has 3 nitrogen and oxygen atoms in total. The van der Waals surface area contributed by atoms with Gasteiger partial charge in [0.25, 0.3) is 5.56 Å². The van der Waals surface area contributed by atoms with Crippen molar-refractivity contribution in [1.29, 1.82) is 0 Å². The van der Waals surface area contributed by atoms with E-state index in [1.54, 1.807) is 24.4 Å². The number of pyridine rings is 1. The first-order valence-electron chi connectivity index (χ1n) is 5.50. The molecule has 6 heteroatoms. The van der Waals surface area contributed by atoms with Gasteiger partial charge < -0.3 is 4.57 Å². The van der Waals surface area contributed by atoms with E-state index in [1.165, 1.54) is 27.2 Å². The summed E-state index contributed by atoms with van der Waals surface area (Å²) in [7, 11) is 0. The number of Topliss-reactive ketones (excluding diaryl/α,β-unsaturated/α-hetero) is 1. The third kappa shape index (κ3) is 2.36. The molecule has 0 spiro atoms. The van der Waals surface area contributed by atoms with Crippen LogP contribution in [0.25, 0.3) is 10.1 Å². The van der Waals surface area contributed by atoms with Crippen LogP contribution in [0.3, 0.4) is 0 Å². The zero-order chi connectivity index (χ0) is 13.4. The second kappa shape index (κ2) is 4.92. The quantitative estimate of drug-likeness (QED) is 0.693. The van der Waals surface area contributed by atoms with E-state index < -0.39 is 0 Å². The van der Waals surface area contributed by atoms with E-state index in [9.17, 15) is 9.59 Å². The first-order valence-corrected chi connectivity index (χ1v) is 7.58. The van der Waals surface area contributed by atoms with Crippen LogP contribution in [0.15, 0.2) is 40.6 Å². The molecule has 0 saturated heterocycles. The van der Waals surface area contributed by atoms with E-state index in [4.69, 9.17) is 11.6 Å². The van der Waals surface area contributed by atoms with Crippen molar-refractivity contribution in [3.05, 3.63) is 55.4 Å². The van der Waals surface area contributed by atoms with E-state index in [0.717, 1.165) is 4.70 Å². The fraction of sp³-hybridized carbons (Fsp3) is 0.0769. The highest BCUT2D eigenvalue weighted by Crippen LogP contribution is 2.22. The highest BCUT2D eigenvalue weighted by molar-refractivity contribution is 7.18. The van der Waals surface area contributed by atoms with Gasteiger partial charge in [-0.2, -0.15) is 0 Å². The molecule has 0 aliphatic heterocycles. The summed E-state index contributed by atoms with van der Waals surface area (Å²) >= 11 is 8.55. The Morgan fingerprint density at radius 2 is 2.11 bits per heavy atom. The van der Waals surface area contributed by atoms with Crippen LogP contribution in [0, 0.1) is 0 Å². The largest absolute Gasteiger partial charge is 0.307 e. The molecular formula is C13H8ClNO2S2. The minimum absolute atomic E-state index is 0.0431. The molecule has 0 aromatic carbocycles. The van der Waals surface area contributed by atoms with Crippen LogP contribution >= 0.6 is 34.3 Å². The van der Waals surface area contributed by atoms with Crippen molar-refractivity contribution in [2.75, 3.05) is 0 Å². The molecule has 0 atom stereocenters. The number of carbonyl (C=O) groups excluding carboxylic acids is 1. The number of thiophene rings is 2. The average Bonchev–Trinajstić information content (AvgIpc) is 3.01. The van der Waals surface area contributed by atoms with Crippen molar-refractivity contribution in [3.63, 3.8) is 0 Å². The number of hydrogen-bond donors (Lipinski definition) is 0. The monoisotopic (exact) mass is 309 g/mol. The third-order valence-electron chi connectivity index (χ3n) is 2.75. The van der Waals surface area contributed by atoms with E-state index in [0.29, 0.717) is 14.6 Å².